The van der Waals surface area contributed by atoms with Crippen molar-refractivity contribution in [3.63, 3.8) is 0 Å². The van der Waals surface area contributed by atoms with Gasteiger partial charge in [-0.05, 0) is 24.3 Å². The Kier molecular flexibility index (Phi) is 3.11. The summed E-state index contributed by atoms with van der Waals surface area (Å²) in [6, 6.07) is 6.87. The Balaban J connectivity index is 1.83. The topological polar surface area (TPSA) is 71.3 Å². The van der Waals surface area contributed by atoms with E-state index in [9.17, 15) is 0 Å². The number of aliphatic imine (C=N–C) groups is 1. The monoisotopic (exact) mass is 257 g/mol. The van der Waals surface area contributed by atoms with Gasteiger partial charge in [0.25, 0.3) is 0 Å². The van der Waals surface area contributed by atoms with Crippen LogP contribution in [0.15, 0.2) is 53.6 Å². The molecule has 0 spiro atoms. The zero-order valence-electron chi connectivity index (χ0n) is 10.0. The van der Waals surface area contributed by atoms with Gasteiger partial charge in [0, 0.05) is 5.56 Å². The summed E-state index contributed by atoms with van der Waals surface area (Å²) in [5, 5.41) is 17.6. The van der Waals surface area contributed by atoms with Crippen LogP contribution in [0.1, 0.15) is 5.56 Å². The van der Waals surface area contributed by atoms with Crippen LogP contribution in [0.3, 0.4) is 0 Å². The van der Waals surface area contributed by atoms with Crippen LogP contribution in [0.5, 0.6) is 5.75 Å². The van der Waals surface area contributed by atoms with Crippen LogP contribution in [0.2, 0.25) is 0 Å². The van der Waals surface area contributed by atoms with E-state index in [1.165, 1.54) is 0 Å². The number of hydrogen-bond donors (Lipinski definition) is 2. The van der Waals surface area contributed by atoms with E-state index >= 15 is 0 Å². The van der Waals surface area contributed by atoms with Crippen molar-refractivity contribution >= 4 is 13.2 Å². The molecule has 0 saturated carbocycles. The quantitative estimate of drug-likeness (QED) is 0.781. The number of nitrogens with zero attached hydrogens (tertiary/aromatic N) is 1. The summed E-state index contributed by atoms with van der Waals surface area (Å²) in [4.78, 5) is 4.48. The molecular formula is C13H12BNO4. The number of ether oxygens (including phenoxy) is 1. The van der Waals surface area contributed by atoms with Crippen molar-refractivity contribution in [1.29, 1.82) is 0 Å². The molecule has 2 N–H and O–H groups in total. The second-order valence-electron chi connectivity index (χ2n) is 4.25. The van der Waals surface area contributed by atoms with Crippen molar-refractivity contribution in [2.24, 2.45) is 4.99 Å². The fourth-order valence-corrected chi connectivity index (χ4v) is 2.06. The highest BCUT2D eigenvalue weighted by atomic mass is 16.6. The molecule has 96 valence electrons. The highest BCUT2D eigenvalue weighted by Crippen LogP contribution is 2.24. The number of benzene rings is 1. The Labute approximate surface area is 110 Å². The minimum Gasteiger partial charge on any atom is -0.512 e. The van der Waals surface area contributed by atoms with Crippen molar-refractivity contribution in [2.75, 3.05) is 0 Å². The van der Waals surface area contributed by atoms with Gasteiger partial charge in [-0.1, -0.05) is 24.3 Å². The lowest BCUT2D eigenvalue weighted by molar-refractivity contribution is 0.255. The van der Waals surface area contributed by atoms with Crippen molar-refractivity contribution in [3.8, 4) is 5.75 Å². The zero-order valence-corrected chi connectivity index (χ0v) is 10.0. The predicted molar refractivity (Wildman–Crippen MR) is 70.7 cm³/mol. The molecule has 1 aliphatic heterocycles. The van der Waals surface area contributed by atoms with E-state index in [1.54, 1.807) is 18.2 Å². The molecule has 0 fully saturated rings. The first-order valence-corrected chi connectivity index (χ1v) is 5.95. The molecule has 5 nitrogen and oxygen atoms in total. The van der Waals surface area contributed by atoms with Crippen LogP contribution in [-0.2, 0) is 4.74 Å². The van der Waals surface area contributed by atoms with E-state index in [0.717, 1.165) is 5.56 Å². The molecule has 1 aromatic carbocycles. The molecule has 0 amide bonds. The van der Waals surface area contributed by atoms with E-state index < -0.39 is 7.32 Å². The average molecular weight is 257 g/mol. The Morgan fingerprint density at radius 2 is 2.05 bits per heavy atom. The van der Waals surface area contributed by atoms with E-state index in [4.69, 9.17) is 19.4 Å². The smallest absolute Gasteiger partial charge is 0.512 e. The van der Waals surface area contributed by atoms with Crippen LogP contribution < -0.4 is 4.65 Å². The standard InChI is InChI=1S/C13H12BNO4/c16-14(17)19-10-5-3-4-9(8-10)13-15-11-6-1-2-7-12(11)18-13/h1-8,11-12,16-17H. The molecule has 3 rings (SSSR count). The van der Waals surface area contributed by atoms with Crippen molar-refractivity contribution < 1.29 is 19.4 Å². The molecule has 0 radical (unpaired) electrons. The molecule has 1 heterocycles. The Morgan fingerprint density at radius 1 is 1.21 bits per heavy atom. The van der Waals surface area contributed by atoms with Gasteiger partial charge < -0.3 is 19.4 Å². The van der Waals surface area contributed by atoms with Gasteiger partial charge in [-0.2, -0.15) is 0 Å². The maximum absolute atomic E-state index is 8.78. The maximum atomic E-state index is 8.78. The number of fused-ring (bicyclic) bond motifs is 1. The summed E-state index contributed by atoms with van der Waals surface area (Å²) in [5.41, 5.74) is 0.745. The third-order valence-corrected chi connectivity index (χ3v) is 2.89. The molecule has 1 aromatic rings. The molecule has 0 bridgehead atoms. The van der Waals surface area contributed by atoms with Gasteiger partial charge >= 0.3 is 7.32 Å². The normalized spacial score (nSPS) is 23.6. The summed E-state index contributed by atoms with van der Waals surface area (Å²) >= 11 is 0. The number of hydrogen-bond acceptors (Lipinski definition) is 5. The summed E-state index contributed by atoms with van der Waals surface area (Å²) in [5.74, 6) is 0.879. The first-order valence-electron chi connectivity index (χ1n) is 5.95. The first-order chi connectivity index (χ1) is 9.22. The lowest BCUT2D eigenvalue weighted by Crippen LogP contribution is -2.21. The predicted octanol–water partition coefficient (Wildman–Crippen LogP) is 0.675. The fourth-order valence-electron chi connectivity index (χ4n) is 2.06. The Hall–Kier alpha value is -2.05. The molecule has 1 aliphatic carbocycles. The first kappa shape index (κ1) is 12.0. The van der Waals surface area contributed by atoms with Crippen LogP contribution >= 0.6 is 0 Å². The fraction of sp³-hybridized carbons (Fsp3) is 0.154. The van der Waals surface area contributed by atoms with Crippen molar-refractivity contribution in [1.82, 2.24) is 0 Å². The van der Waals surface area contributed by atoms with Crippen molar-refractivity contribution in [3.05, 3.63) is 54.1 Å². The van der Waals surface area contributed by atoms with Crippen LogP contribution in [0, 0.1) is 0 Å². The SMILES string of the molecule is OB(O)Oc1cccc(C2=NC3C=CC=CC3O2)c1. The second kappa shape index (κ2) is 4.91. The van der Waals surface area contributed by atoms with Crippen LogP contribution in [-0.4, -0.2) is 35.4 Å². The minimum atomic E-state index is -1.84. The van der Waals surface area contributed by atoms with Crippen LogP contribution in [0.4, 0.5) is 0 Å². The van der Waals surface area contributed by atoms with Gasteiger partial charge in [0.1, 0.15) is 17.9 Å². The second-order valence-corrected chi connectivity index (χ2v) is 4.25. The Bertz CT molecular complexity index is 568. The third kappa shape index (κ3) is 2.54. The summed E-state index contributed by atoms with van der Waals surface area (Å²) in [6.45, 7) is 0. The average Bonchev–Trinajstić information content (AvgIpc) is 2.82. The molecule has 2 atom stereocenters. The van der Waals surface area contributed by atoms with Gasteiger partial charge in [-0.25, -0.2) is 4.99 Å². The van der Waals surface area contributed by atoms with E-state index in [1.807, 2.05) is 30.4 Å². The Morgan fingerprint density at radius 3 is 2.84 bits per heavy atom. The lowest BCUT2D eigenvalue weighted by Gasteiger charge is -2.13. The minimum absolute atomic E-state index is 0.00741. The van der Waals surface area contributed by atoms with Gasteiger partial charge in [0.15, 0.2) is 0 Å². The maximum Gasteiger partial charge on any atom is 0.707 e. The van der Waals surface area contributed by atoms with Gasteiger partial charge in [-0.3, -0.25) is 0 Å². The summed E-state index contributed by atoms with van der Waals surface area (Å²) in [7, 11) is -1.84. The molecule has 0 saturated heterocycles. The molecule has 19 heavy (non-hydrogen) atoms. The van der Waals surface area contributed by atoms with E-state index in [0.29, 0.717) is 11.6 Å². The molecule has 6 heteroatoms. The van der Waals surface area contributed by atoms with Gasteiger partial charge in [-0.15, -0.1) is 0 Å². The largest absolute Gasteiger partial charge is 0.707 e. The van der Waals surface area contributed by atoms with Crippen LogP contribution in [0.25, 0.3) is 0 Å². The number of allylic oxidation sites excluding steroid dienone is 2. The zero-order chi connectivity index (χ0) is 13.2. The molecule has 0 aromatic heterocycles. The third-order valence-electron chi connectivity index (χ3n) is 2.89. The molecule has 2 aliphatic rings. The summed E-state index contributed by atoms with van der Waals surface area (Å²) in [6.07, 6.45) is 7.75. The number of rotatable bonds is 3. The van der Waals surface area contributed by atoms with Gasteiger partial charge in [0.2, 0.25) is 5.90 Å². The van der Waals surface area contributed by atoms with Gasteiger partial charge in [0.05, 0.1) is 0 Å². The highest BCUT2D eigenvalue weighted by molar-refractivity contribution is 6.33. The molecular weight excluding hydrogens is 245 g/mol. The van der Waals surface area contributed by atoms with E-state index in [-0.39, 0.29) is 12.1 Å². The highest BCUT2D eigenvalue weighted by Gasteiger charge is 2.29. The lowest BCUT2D eigenvalue weighted by atomic mass is 10.1. The molecule has 2 unspecified atom stereocenters. The van der Waals surface area contributed by atoms with E-state index in [2.05, 4.69) is 4.99 Å². The summed E-state index contributed by atoms with van der Waals surface area (Å²) < 4.78 is 10.5. The van der Waals surface area contributed by atoms with Crippen molar-refractivity contribution in [2.45, 2.75) is 12.1 Å².